The minimum absolute atomic E-state index is 0.0141. The van der Waals surface area contributed by atoms with Crippen molar-refractivity contribution < 1.29 is 0 Å². The van der Waals surface area contributed by atoms with Gasteiger partial charge in [0.15, 0.2) is 29.0 Å². The van der Waals surface area contributed by atoms with Crippen LogP contribution < -0.4 is 10.7 Å². The van der Waals surface area contributed by atoms with E-state index in [1.54, 1.807) is 12.1 Å². The summed E-state index contributed by atoms with van der Waals surface area (Å²) in [6.07, 6.45) is 0. The molecule has 12 heteroatoms. The maximum atomic E-state index is 10.1. The van der Waals surface area contributed by atoms with Gasteiger partial charge < -0.3 is 0 Å². The van der Waals surface area contributed by atoms with Gasteiger partial charge in [0.05, 0.1) is 59.5 Å². The lowest BCUT2D eigenvalue weighted by molar-refractivity contribution is 1.07. The van der Waals surface area contributed by atoms with Crippen LogP contribution in [-0.4, -0.2) is 15.0 Å². The van der Waals surface area contributed by atoms with E-state index in [4.69, 9.17) is 13.1 Å². The average molecular weight is 536 g/mol. The maximum absolute atomic E-state index is 10.1. The zero-order valence-electron chi connectivity index (χ0n) is 21.0. The zero-order valence-corrected chi connectivity index (χ0v) is 21.0. The second kappa shape index (κ2) is 10.7. The highest BCUT2D eigenvalue weighted by molar-refractivity contribution is 5.73. The highest BCUT2D eigenvalue weighted by Crippen LogP contribution is 2.29. The molecule has 2 heterocycles. The molecule has 1 aliphatic rings. The summed E-state index contributed by atoms with van der Waals surface area (Å²) in [6, 6.07) is 21.7. The molecule has 0 bridgehead atoms. The van der Waals surface area contributed by atoms with Gasteiger partial charge in [0.25, 0.3) is 0 Å². The molecule has 1 aromatic heterocycles. The Bertz CT molecular complexity index is 2160. The zero-order chi connectivity index (χ0) is 29.8. The highest BCUT2D eigenvalue weighted by atomic mass is 15.0. The minimum atomic E-state index is -0.333. The van der Waals surface area contributed by atoms with Crippen LogP contribution in [0.25, 0.3) is 43.9 Å². The van der Waals surface area contributed by atoms with Gasteiger partial charge in [0.2, 0.25) is 0 Å². The molecule has 12 nitrogen and oxygen atoms in total. The summed E-state index contributed by atoms with van der Waals surface area (Å²) in [5.74, 6) is 0.0108. The number of allylic oxidation sites excluding steroid dienone is 1. The van der Waals surface area contributed by atoms with Crippen LogP contribution in [0.2, 0.25) is 0 Å². The standard InChI is InChI=1S/C30H8N12/c1-36-21-9-18(13-33)8-20(10-21)28-40-27(19-6-16(11-31)5-17(7-19)12-32)41-29(42-28)22-3-4-24-26(23(22)14-34)39-30(38-24)25(15-35)37-2/h3-10H/b30-25+. The smallest absolute Gasteiger partial charge is 0.238 e. The Kier molecular flexibility index (Phi) is 6.62. The van der Waals surface area contributed by atoms with E-state index in [0.717, 1.165) is 0 Å². The number of nitrogens with zero attached hydrogens (tertiary/aromatic N) is 12. The number of rotatable bonds is 3. The van der Waals surface area contributed by atoms with E-state index in [1.165, 1.54) is 42.5 Å². The normalized spacial score (nSPS) is 11.8. The lowest BCUT2D eigenvalue weighted by Gasteiger charge is -2.10. The van der Waals surface area contributed by atoms with Gasteiger partial charge in [-0.05, 0) is 48.5 Å². The van der Waals surface area contributed by atoms with Gasteiger partial charge in [-0.3, -0.25) is 0 Å². The van der Waals surface area contributed by atoms with Gasteiger partial charge >= 0.3 is 5.70 Å². The summed E-state index contributed by atoms with van der Waals surface area (Å²) in [5, 5.41) is 48.3. The summed E-state index contributed by atoms with van der Waals surface area (Å²) < 4.78 is 0. The van der Waals surface area contributed by atoms with Crippen molar-refractivity contribution in [2.45, 2.75) is 0 Å². The molecule has 4 aromatic rings. The van der Waals surface area contributed by atoms with Crippen LogP contribution >= 0.6 is 0 Å². The molecule has 3 aromatic carbocycles. The summed E-state index contributed by atoms with van der Waals surface area (Å²) in [7, 11) is 0. The number of fused-ring (bicyclic) bond motifs is 1. The SMILES string of the molecule is [C-]#[N+]/C(C#N)=C1\N=c2ccc(-c3nc(-c4cc(C#N)cc(C#N)c4)nc(-c4cc(C#N)cc([N+]#[C-])c4)n3)c(C#N)c2=N1. The van der Waals surface area contributed by atoms with Crippen LogP contribution in [0.15, 0.2) is 70.0 Å². The molecule has 0 atom stereocenters. The first-order valence-electron chi connectivity index (χ1n) is 11.6. The fourth-order valence-electron chi connectivity index (χ4n) is 4.07. The van der Waals surface area contributed by atoms with E-state index in [1.807, 2.05) is 18.2 Å². The summed E-state index contributed by atoms with van der Waals surface area (Å²) in [5.41, 5.74) is 1.31. The van der Waals surface area contributed by atoms with E-state index in [9.17, 15) is 26.3 Å². The molecule has 188 valence electrons. The average Bonchev–Trinajstić information content (AvgIpc) is 3.48. The summed E-state index contributed by atoms with van der Waals surface area (Å²) in [6.45, 7) is 14.6. The molecule has 0 spiro atoms. The largest absolute Gasteiger partial charge is 0.305 e. The van der Waals surface area contributed by atoms with Crippen LogP contribution in [0.5, 0.6) is 0 Å². The van der Waals surface area contributed by atoms with Crippen LogP contribution in [0.3, 0.4) is 0 Å². The third-order valence-corrected chi connectivity index (χ3v) is 5.90. The van der Waals surface area contributed by atoms with Gasteiger partial charge in [-0.25, -0.2) is 39.9 Å². The third-order valence-electron chi connectivity index (χ3n) is 5.90. The fourth-order valence-corrected chi connectivity index (χ4v) is 4.07. The molecule has 0 N–H and O–H groups in total. The number of aromatic nitrogens is 3. The van der Waals surface area contributed by atoms with Crippen molar-refractivity contribution in [3.05, 3.63) is 116 Å². The van der Waals surface area contributed by atoms with Crippen molar-refractivity contribution in [3.8, 4) is 64.5 Å². The molecular weight excluding hydrogens is 528 g/mol. The van der Waals surface area contributed by atoms with E-state index >= 15 is 0 Å². The van der Waals surface area contributed by atoms with Crippen molar-refractivity contribution in [1.29, 1.82) is 26.3 Å². The second-order valence-electron chi connectivity index (χ2n) is 8.41. The van der Waals surface area contributed by atoms with Crippen molar-refractivity contribution >= 4 is 5.69 Å². The number of nitriles is 5. The molecule has 42 heavy (non-hydrogen) atoms. The monoisotopic (exact) mass is 536 g/mol. The fraction of sp³-hybridized carbons (Fsp3) is 0. The van der Waals surface area contributed by atoms with Crippen LogP contribution in [0.1, 0.15) is 22.3 Å². The molecule has 5 rings (SSSR count). The van der Waals surface area contributed by atoms with E-state index < -0.39 is 0 Å². The third kappa shape index (κ3) is 4.61. The number of benzene rings is 3. The Hall–Kier alpha value is -7.56. The van der Waals surface area contributed by atoms with Crippen molar-refractivity contribution in [2.75, 3.05) is 0 Å². The molecule has 0 amide bonds. The summed E-state index contributed by atoms with van der Waals surface area (Å²) in [4.78, 5) is 28.6. The van der Waals surface area contributed by atoms with E-state index in [-0.39, 0.29) is 73.2 Å². The van der Waals surface area contributed by atoms with Gasteiger partial charge in [-0.2, -0.15) is 21.0 Å². The van der Waals surface area contributed by atoms with Crippen LogP contribution in [-0.2, 0) is 0 Å². The Labute approximate surface area is 237 Å². The van der Waals surface area contributed by atoms with Crippen molar-refractivity contribution in [3.63, 3.8) is 0 Å². The second-order valence-corrected chi connectivity index (χ2v) is 8.41. The Balaban J connectivity index is 1.84. The molecule has 0 unspecified atom stereocenters. The lowest BCUT2D eigenvalue weighted by Crippen LogP contribution is -2.25. The van der Waals surface area contributed by atoms with Crippen molar-refractivity contribution in [2.24, 2.45) is 9.98 Å². The first-order valence-corrected chi connectivity index (χ1v) is 11.6. The molecular formula is C30H8N12. The van der Waals surface area contributed by atoms with Gasteiger partial charge in [0.1, 0.15) is 11.4 Å². The lowest BCUT2D eigenvalue weighted by atomic mass is 10.0. The molecule has 0 fully saturated rings. The number of hydrogen-bond acceptors (Lipinski definition) is 10. The highest BCUT2D eigenvalue weighted by Gasteiger charge is 2.20. The molecule has 0 aliphatic carbocycles. The minimum Gasteiger partial charge on any atom is -0.238 e. The molecule has 1 aliphatic heterocycles. The predicted octanol–water partition coefficient (Wildman–Crippen LogP) is 3.77. The Morgan fingerprint density at radius 1 is 0.667 bits per heavy atom. The first-order chi connectivity index (χ1) is 20.4. The van der Waals surface area contributed by atoms with E-state index in [2.05, 4.69) is 40.7 Å². The molecule has 0 radical (unpaired) electrons. The van der Waals surface area contributed by atoms with Crippen molar-refractivity contribution in [1.82, 2.24) is 15.0 Å². The van der Waals surface area contributed by atoms with Crippen LogP contribution in [0.4, 0.5) is 5.69 Å². The topological polar surface area (TPSA) is 191 Å². The van der Waals surface area contributed by atoms with Gasteiger partial charge in [-0.15, -0.1) is 0 Å². The maximum Gasteiger partial charge on any atom is 0.305 e. The van der Waals surface area contributed by atoms with Gasteiger partial charge in [0, 0.05) is 22.3 Å². The number of hydrogen-bond donors (Lipinski definition) is 0. The molecule has 0 saturated heterocycles. The van der Waals surface area contributed by atoms with E-state index in [0.29, 0.717) is 11.1 Å². The Morgan fingerprint density at radius 3 is 1.81 bits per heavy atom. The van der Waals surface area contributed by atoms with Gasteiger partial charge in [-0.1, -0.05) is 0 Å². The summed E-state index contributed by atoms with van der Waals surface area (Å²) >= 11 is 0. The van der Waals surface area contributed by atoms with Crippen LogP contribution in [0, 0.1) is 69.8 Å². The molecule has 0 saturated carbocycles. The predicted molar refractivity (Wildman–Crippen MR) is 143 cm³/mol. The first kappa shape index (κ1) is 26.1. The Morgan fingerprint density at radius 2 is 1.26 bits per heavy atom. The quantitative estimate of drug-likeness (QED) is 0.279.